The van der Waals surface area contributed by atoms with E-state index in [1.54, 1.807) is 6.07 Å². The van der Waals surface area contributed by atoms with Crippen molar-refractivity contribution in [3.8, 4) is 11.5 Å². The minimum absolute atomic E-state index is 0.00195. The first-order valence-corrected chi connectivity index (χ1v) is 19.9. The summed E-state index contributed by atoms with van der Waals surface area (Å²) in [5.74, 6) is 0.799. The predicted octanol–water partition coefficient (Wildman–Crippen LogP) is 9.41. The third-order valence-electron chi connectivity index (χ3n) is 9.85. The van der Waals surface area contributed by atoms with Gasteiger partial charge in [0, 0.05) is 23.8 Å². The monoisotopic (exact) mass is 780 g/mol. The van der Waals surface area contributed by atoms with Gasteiger partial charge in [-0.1, -0.05) is 115 Å². The second-order valence-electron chi connectivity index (χ2n) is 14.0. The summed E-state index contributed by atoms with van der Waals surface area (Å²) in [5.41, 5.74) is 5.41. The standard InChI is InChI=1S/C47H53ClO8/c1-2-52-39-23-21-34(22-24-39)27-38-28-40(42(50)29-41(38)48)44-46(54-31-36-17-9-4-10-18-36)47(55-32-37-19-11-5-12-20-37)45(53-30-35-15-7-3-8-16-35)43(56-44)33-51-26-14-6-13-25-49/h3-5,7-12,15-24,28-29,43-47,49-50H,2,6,13-14,25-27,30-33H2,1H3. The molecular weight excluding hydrogens is 728 g/mol. The van der Waals surface area contributed by atoms with Gasteiger partial charge in [-0.05, 0) is 84.7 Å². The van der Waals surface area contributed by atoms with E-state index in [1.165, 1.54) is 0 Å². The third kappa shape index (κ3) is 11.9. The van der Waals surface area contributed by atoms with Gasteiger partial charge in [0.05, 0.1) is 33.0 Å². The Hall–Kier alpha value is -4.25. The van der Waals surface area contributed by atoms with E-state index in [2.05, 4.69) is 0 Å². The Morgan fingerprint density at radius 3 is 1.79 bits per heavy atom. The highest BCUT2D eigenvalue weighted by atomic mass is 35.5. The van der Waals surface area contributed by atoms with E-state index in [-0.39, 0.29) is 25.6 Å². The van der Waals surface area contributed by atoms with Crippen LogP contribution in [0.3, 0.4) is 0 Å². The average molecular weight is 781 g/mol. The second-order valence-corrected chi connectivity index (χ2v) is 14.4. The normalized spacial score (nSPS) is 19.5. The Bertz CT molecular complexity index is 1860. The molecule has 5 aromatic rings. The number of aromatic hydroxyl groups is 1. The van der Waals surface area contributed by atoms with Crippen molar-refractivity contribution in [3.05, 3.63) is 166 Å². The van der Waals surface area contributed by atoms with E-state index in [0.717, 1.165) is 52.8 Å². The van der Waals surface area contributed by atoms with Gasteiger partial charge >= 0.3 is 0 Å². The largest absolute Gasteiger partial charge is 0.508 e. The molecule has 0 amide bonds. The van der Waals surface area contributed by atoms with Crippen LogP contribution in [0.2, 0.25) is 5.02 Å². The van der Waals surface area contributed by atoms with Crippen LogP contribution in [0, 0.1) is 0 Å². The molecule has 0 bridgehead atoms. The Morgan fingerprint density at radius 2 is 1.21 bits per heavy atom. The SMILES string of the molecule is CCOc1ccc(Cc2cc(C3OC(COCCCCCO)C(OCc4ccccc4)C(OCc4ccccc4)C3OCc3ccccc3)c(O)cc2Cl)cc1. The van der Waals surface area contributed by atoms with Crippen LogP contribution < -0.4 is 4.74 Å². The summed E-state index contributed by atoms with van der Waals surface area (Å²) in [6, 6.07) is 41.4. The second kappa shape index (κ2) is 21.9. The van der Waals surface area contributed by atoms with Crippen LogP contribution in [-0.2, 0) is 49.9 Å². The summed E-state index contributed by atoms with van der Waals surface area (Å²) in [6.45, 7) is 4.32. The maximum absolute atomic E-state index is 11.7. The van der Waals surface area contributed by atoms with Crippen molar-refractivity contribution in [1.29, 1.82) is 0 Å². The summed E-state index contributed by atoms with van der Waals surface area (Å²) in [5, 5.41) is 21.4. The highest BCUT2D eigenvalue weighted by Crippen LogP contribution is 2.43. The molecule has 0 saturated carbocycles. The van der Waals surface area contributed by atoms with E-state index in [0.29, 0.717) is 43.4 Å². The van der Waals surface area contributed by atoms with Crippen LogP contribution in [0.1, 0.15) is 65.7 Å². The molecule has 2 N–H and O–H groups in total. The molecule has 1 heterocycles. The Kier molecular flexibility index (Phi) is 16.2. The first-order chi connectivity index (χ1) is 27.5. The van der Waals surface area contributed by atoms with Crippen LogP contribution in [0.5, 0.6) is 11.5 Å². The molecule has 9 heteroatoms. The Labute approximate surface area is 335 Å². The van der Waals surface area contributed by atoms with Gasteiger partial charge < -0.3 is 38.6 Å². The van der Waals surface area contributed by atoms with Gasteiger partial charge in [-0.3, -0.25) is 0 Å². The number of benzene rings is 5. The Balaban J connectivity index is 1.38. The van der Waals surface area contributed by atoms with Crippen LogP contribution in [-0.4, -0.2) is 61.1 Å². The maximum Gasteiger partial charge on any atom is 0.122 e. The summed E-state index contributed by atoms with van der Waals surface area (Å²) >= 11 is 6.83. The van der Waals surface area contributed by atoms with Gasteiger partial charge in [0.25, 0.3) is 0 Å². The van der Waals surface area contributed by atoms with Crippen LogP contribution in [0.25, 0.3) is 0 Å². The van der Waals surface area contributed by atoms with E-state index in [1.807, 2.05) is 128 Å². The van der Waals surface area contributed by atoms with Crippen molar-refractivity contribution < 1.29 is 38.6 Å². The lowest BCUT2D eigenvalue weighted by atomic mass is 9.88. The summed E-state index contributed by atoms with van der Waals surface area (Å²) in [4.78, 5) is 0. The number of ether oxygens (including phenoxy) is 6. The highest BCUT2D eigenvalue weighted by Gasteiger charge is 2.49. The average Bonchev–Trinajstić information content (AvgIpc) is 3.23. The van der Waals surface area contributed by atoms with E-state index < -0.39 is 30.5 Å². The molecule has 0 aliphatic carbocycles. The molecule has 1 fully saturated rings. The zero-order chi connectivity index (χ0) is 39.0. The molecule has 6 rings (SSSR count). The molecule has 1 aliphatic rings. The first-order valence-electron chi connectivity index (χ1n) is 19.6. The molecule has 56 heavy (non-hydrogen) atoms. The number of phenols is 1. The third-order valence-corrected chi connectivity index (χ3v) is 10.2. The van der Waals surface area contributed by atoms with Crippen molar-refractivity contribution in [2.45, 2.75) is 82.9 Å². The molecular formula is C47H53ClO8. The van der Waals surface area contributed by atoms with Gasteiger partial charge in [-0.2, -0.15) is 0 Å². The van der Waals surface area contributed by atoms with Crippen molar-refractivity contribution in [1.82, 2.24) is 0 Å². The predicted molar refractivity (Wildman–Crippen MR) is 218 cm³/mol. The minimum atomic E-state index is -0.782. The zero-order valence-electron chi connectivity index (χ0n) is 32.0. The molecule has 5 aromatic carbocycles. The molecule has 8 nitrogen and oxygen atoms in total. The minimum Gasteiger partial charge on any atom is -0.508 e. The molecule has 5 unspecified atom stereocenters. The zero-order valence-corrected chi connectivity index (χ0v) is 32.8. The van der Waals surface area contributed by atoms with Gasteiger partial charge in [-0.15, -0.1) is 0 Å². The lowest BCUT2D eigenvalue weighted by Gasteiger charge is -2.46. The molecule has 1 saturated heterocycles. The van der Waals surface area contributed by atoms with Gasteiger partial charge in [0.2, 0.25) is 0 Å². The number of hydrogen-bond acceptors (Lipinski definition) is 8. The van der Waals surface area contributed by atoms with Crippen LogP contribution >= 0.6 is 11.6 Å². The summed E-state index contributed by atoms with van der Waals surface area (Å²) in [7, 11) is 0. The molecule has 5 atom stereocenters. The fourth-order valence-electron chi connectivity index (χ4n) is 6.94. The number of aliphatic hydroxyl groups is 1. The van der Waals surface area contributed by atoms with Crippen molar-refractivity contribution in [2.24, 2.45) is 0 Å². The molecule has 0 radical (unpaired) electrons. The number of rotatable bonds is 21. The smallest absolute Gasteiger partial charge is 0.122 e. The van der Waals surface area contributed by atoms with Crippen molar-refractivity contribution in [2.75, 3.05) is 26.4 Å². The fraction of sp³-hybridized carbons (Fsp3) is 0.362. The number of unbranched alkanes of at least 4 members (excludes halogenated alkanes) is 2. The number of halogens is 1. The van der Waals surface area contributed by atoms with Gasteiger partial charge in [0.15, 0.2) is 0 Å². The molecule has 296 valence electrons. The number of aliphatic hydroxyl groups excluding tert-OH is 1. The summed E-state index contributed by atoms with van der Waals surface area (Å²) in [6.07, 6.45) is -0.441. The molecule has 1 aliphatic heterocycles. The van der Waals surface area contributed by atoms with Gasteiger partial charge in [-0.25, -0.2) is 0 Å². The summed E-state index contributed by atoms with van der Waals surface area (Å²) < 4.78 is 39.5. The number of hydrogen-bond donors (Lipinski definition) is 2. The molecule has 0 aromatic heterocycles. The van der Waals surface area contributed by atoms with Crippen molar-refractivity contribution in [3.63, 3.8) is 0 Å². The van der Waals surface area contributed by atoms with Crippen molar-refractivity contribution >= 4 is 11.6 Å². The lowest BCUT2D eigenvalue weighted by molar-refractivity contribution is -0.274. The highest BCUT2D eigenvalue weighted by molar-refractivity contribution is 6.31. The fourth-order valence-corrected chi connectivity index (χ4v) is 7.17. The topological polar surface area (TPSA) is 95.8 Å². The maximum atomic E-state index is 11.7. The van der Waals surface area contributed by atoms with E-state index in [9.17, 15) is 10.2 Å². The van der Waals surface area contributed by atoms with Crippen LogP contribution in [0.4, 0.5) is 0 Å². The van der Waals surface area contributed by atoms with E-state index in [4.69, 9.17) is 40.0 Å². The molecule has 0 spiro atoms. The number of phenolic OH excluding ortho intramolecular Hbond substituents is 1. The van der Waals surface area contributed by atoms with E-state index >= 15 is 0 Å². The Morgan fingerprint density at radius 1 is 0.643 bits per heavy atom. The van der Waals surface area contributed by atoms with Crippen LogP contribution in [0.15, 0.2) is 127 Å². The quantitative estimate of drug-likeness (QED) is 0.0712. The van der Waals surface area contributed by atoms with Gasteiger partial charge in [0.1, 0.15) is 42.0 Å². The lowest BCUT2D eigenvalue weighted by Crippen LogP contribution is -2.58. The first kappa shape index (κ1) is 41.4.